The molecule has 0 spiro atoms. The van der Waals surface area contributed by atoms with Crippen molar-refractivity contribution in [1.29, 1.82) is 0 Å². The van der Waals surface area contributed by atoms with Gasteiger partial charge in [-0.3, -0.25) is 9.59 Å². The Morgan fingerprint density at radius 3 is 2.22 bits per heavy atom. The molecular weight excluding hydrogens is 226 g/mol. The molecule has 1 unspecified atom stereocenters. The summed E-state index contributed by atoms with van der Waals surface area (Å²) in [4.78, 5) is 23.9. The molecule has 1 aliphatic carbocycles. The fourth-order valence-corrected chi connectivity index (χ4v) is 2.68. The zero-order valence-corrected chi connectivity index (χ0v) is 12.2. The lowest BCUT2D eigenvalue weighted by atomic mass is 9.83. The molecule has 18 heavy (non-hydrogen) atoms. The Hall–Kier alpha value is -0.860. The summed E-state index contributed by atoms with van der Waals surface area (Å²) in [6.45, 7) is 7.85. The van der Waals surface area contributed by atoms with Gasteiger partial charge in [0.25, 0.3) is 0 Å². The first-order valence-corrected chi connectivity index (χ1v) is 7.16. The van der Waals surface area contributed by atoms with E-state index in [0.29, 0.717) is 18.8 Å². The van der Waals surface area contributed by atoms with E-state index >= 15 is 0 Å². The molecule has 0 heterocycles. The van der Waals surface area contributed by atoms with Crippen LogP contribution in [0, 0.1) is 11.3 Å². The fraction of sp³-hybridized carbons (Fsp3) is 0.867. The van der Waals surface area contributed by atoms with Crippen molar-refractivity contribution >= 4 is 11.7 Å². The highest BCUT2D eigenvalue weighted by atomic mass is 16.2. The standard InChI is InChI=1S/C15H27NO2/c1-5-12(17)14(15(2,3)4)16-13(18)10-11-8-6-7-9-11/h11,14H,5-10H2,1-4H3,(H,16,18). The third-order valence-electron chi connectivity index (χ3n) is 3.79. The molecule has 3 nitrogen and oxygen atoms in total. The number of carbonyl (C=O) groups excluding carboxylic acids is 2. The van der Waals surface area contributed by atoms with Gasteiger partial charge in [0.15, 0.2) is 5.78 Å². The lowest BCUT2D eigenvalue weighted by Crippen LogP contribution is -2.49. The van der Waals surface area contributed by atoms with Crippen LogP contribution in [0.4, 0.5) is 0 Å². The smallest absolute Gasteiger partial charge is 0.220 e. The minimum absolute atomic E-state index is 0.0450. The fourth-order valence-electron chi connectivity index (χ4n) is 2.68. The molecule has 0 aromatic heterocycles. The van der Waals surface area contributed by atoms with Crippen LogP contribution in [0.15, 0.2) is 0 Å². The predicted molar refractivity (Wildman–Crippen MR) is 73.3 cm³/mol. The van der Waals surface area contributed by atoms with Crippen LogP contribution < -0.4 is 5.32 Å². The molecule has 3 heteroatoms. The average Bonchev–Trinajstić information content (AvgIpc) is 2.76. The number of rotatable bonds is 5. The molecule has 1 saturated carbocycles. The molecule has 0 saturated heterocycles. The van der Waals surface area contributed by atoms with Gasteiger partial charge in [0, 0.05) is 12.8 Å². The van der Waals surface area contributed by atoms with E-state index in [-0.39, 0.29) is 23.1 Å². The number of Topliss-reactive ketones (excluding diaryl/α,β-unsaturated/α-hetero) is 1. The molecule has 1 fully saturated rings. The van der Waals surface area contributed by atoms with E-state index in [1.807, 2.05) is 27.7 Å². The lowest BCUT2D eigenvalue weighted by molar-refractivity contribution is -0.130. The summed E-state index contributed by atoms with van der Waals surface area (Å²) in [6.07, 6.45) is 5.88. The summed E-state index contributed by atoms with van der Waals surface area (Å²) in [6, 6.07) is -0.351. The van der Waals surface area contributed by atoms with Crippen molar-refractivity contribution < 1.29 is 9.59 Å². The Labute approximate surface area is 111 Å². The Morgan fingerprint density at radius 1 is 1.22 bits per heavy atom. The summed E-state index contributed by atoms with van der Waals surface area (Å²) in [5.41, 5.74) is -0.210. The molecule has 0 radical (unpaired) electrons. The highest BCUT2D eigenvalue weighted by Gasteiger charge is 2.32. The Morgan fingerprint density at radius 2 is 1.78 bits per heavy atom. The van der Waals surface area contributed by atoms with Crippen LogP contribution in [0.5, 0.6) is 0 Å². The van der Waals surface area contributed by atoms with Gasteiger partial charge in [0.1, 0.15) is 0 Å². The second kappa shape index (κ2) is 6.35. The van der Waals surface area contributed by atoms with E-state index in [1.54, 1.807) is 0 Å². The molecular formula is C15H27NO2. The van der Waals surface area contributed by atoms with Gasteiger partial charge in [-0.05, 0) is 24.2 Å². The zero-order valence-electron chi connectivity index (χ0n) is 12.2. The van der Waals surface area contributed by atoms with Crippen LogP contribution >= 0.6 is 0 Å². The van der Waals surface area contributed by atoms with E-state index in [4.69, 9.17) is 0 Å². The maximum atomic E-state index is 12.0. The number of nitrogens with one attached hydrogen (secondary N) is 1. The van der Waals surface area contributed by atoms with E-state index in [0.717, 1.165) is 12.8 Å². The van der Waals surface area contributed by atoms with Crippen LogP contribution in [-0.4, -0.2) is 17.7 Å². The first kappa shape index (κ1) is 15.2. The number of ketones is 1. The summed E-state index contributed by atoms with van der Waals surface area (Å²) >= 11 is 0. The van der Waals surface area contributed by atoms with Crippen LogP contribution in [0.25, 0.3) is 0 Å². The van der Waals surface area contributed by atoms with Gasteiger partial charge in [-0.1, -0.05) is 40.5 Å². The molecule has 104 valence electrons. The van der Waals surface area contributed by atoms with Crippen molar-refractivity contribution in [2.24, 2.45) is 11.3 Å². The van der Waals surface area contributed by atoms with Gasteiger partial charge < -0.3 is 5.32 Å². The molecule has 1 rings (SSSR count). The molecule has 0 aliphatic heterocycles. The number of hydrogen-bond donors (Lipinski definition) is 1. The summed E-state index contributed by atoms with van der Waals surface area (Å²) < 4.78 is 0. The molecule has 1 aliphatic rings. The van der Waals surface area contributed by atoms with Crippen LogP contribution in [0.2, 0.25) is 0 Å². The molecule has 1 N–H and O–H groups in total. The predicted octanol–water partition coefficient (Wildman–Crippen LogP) is 3.08. The third-order valence-corrected chi connectivity index (χ3v) is 3.79. The topological polar surface area (TPSA) is 46.2 Å². The van der Waals surface area contributed by atoms with Gasteiger partial charge in [-0.2, -0.15) is 0 Å². The second-order valence-electron chi connectivity index (χ2n) is 6.54. The number of amides is 1. The van der Waals surface area contributed by atoms with Gasteiger partial charge in [-0.15, -0.1) is 0 Å². The van der Waals surface area contributed by atoms with E-state index in [2.05, 4.69) is 5.32 Å². The highest BCUT2D eigenvalue weighted by molar-refractivity contribution is 5.89. The molecule has 0 aromatic rings. The number of carbonyl (C=O) groups is 2. The maximum absolute atomic E-state index is 12.0. The largest absolute Gasteiger partial charge is 0.346 e. The Balaban J connectivity index is 2.54. The van der Waals surface area contributed by atoms with E-state index in [1.165, 1.54) is 12.8 Å². The van der Waals surface area contributed by atoms with Gasteiger partial charge in [0.05, 0.1) is 6.04 Å². The van der Waals surface area contributed by atoms with Crippen molar-refractivity contribution in [2.45, 2.75) is 72.3 Å². The molecule has 0 aromatic carbocycles. The first-order valence-electron chi connectivity index (χ1n) is 7.16. The SMILES string of the molecule is CCC(=O)C(NC(=O)CC1CCCC1)C(C)(C)C. The van der Waals surface area contributed by atoms with Crippen LogP contribution in [0.3, 0.4) is 0 Å². The van der Waals surface area contributed by atoms with Crippen molar-refractivity contribution in [3.05, 3.63) is 0 Å². The normalized spacial score (nSPS) is 18.7. The van der Waals surface area contributed by atoms with E-state index in [9.17, 15) is 9.59 Å². The summed E-state index contributed by atoms with van der Waals surface area (Å²) in [5.74, 6) is 0.702. The monoisotopic (exact) mass is 253 g/mol. The molecule has 1 amide bonds. The summed E-state index contributed by atoms with van der Waals surface area (Å²) in [7, 11) is 0. The van der Waals surface area contributed by atoms with Crippen molar-refractivity contribution in [3.63, 3.8) is 0 Å². The van der Waals surface area contributed by atoms with Crippen molar-refractivity contribution in [3.8, 4) is 0 Å². The minimum atomic E-state index is -0.351. The van der Waals surface area contributed by atoms with Gasteiger partial charge in [-0.25, -0.2) is 0 Å². The van der Waals surface area contributed by atoms with Crippen molar-refractivity contribution in [2.75, 3.05) is 0 Å². The van der Waals surface area contributed by atoms with Gasteiger partial charge in [0.2, 0.25) is 5.91 Å². The second-order valence-corrected chi connectivity index (χ2v) is 6.54. The minimum Gasteiger partial charge on any atom is -0.346 e. The third kappa shape index (κ3) is 4.43. The lowest BCUT2D eigenvalue weighted by Gasteiger charge is -2.30. The zero-order chi connectivity index (χ0) is 13.8. The first-order chi connectivity index (χ1) is 8.34. The Bertz CT molecular complexity index is 298. The molecule has 1 atom stereocenters. The quantitative estimate of drug-likeness (QED) is 0.818. The van der Waals surface area contributed by atoms with Crippen LogP contribution in [-0.2, 0) is 9.59 Å². The summed E-state index contributed by atoms with van der Waals surface area (Å²) in [5, 5.41) is 2.95. The maximum Gasteiger partial charge on any atom is 0.220 e. The van der Waals surface area contributed by atoms with Crippen molar-refractivity contribution in [1.82, 2.24) is 5.32 Å². The van der Waals surface area contributed by atoms with Crippen LogP contribution in [0.1, 0.15) is 66.2 Å². The molecule has 0 bridgehead atoms. The van der Waals surface area contributed by atoms with E-state index < -0.39 is 0 Å². The Kier molecular flexibility index (Phi) is 5.36. The van der Waals surface area contributed by atoms with Gasteiger partial charge >= 0.3 is 0 Å². The number of hydrogen-bond acceptors (Lipinski definition) is 2. The average molecular weight is 253 g/mol. The highest BCUT2D eigenvalue weighted by Crippen LogP contribution is 2.28.